The topological polar surface area (TPSA) is 51.5 Å². The molecule has 0 radical (unpaired) electrons. The summed E-state index contributed by atoms with van der Waals surface area (Å²) in [7, 11) is 0. The zero-order valence-electron chi connectivity index (χ0n) is 15.3. The fourth-order valence-electron chi connectivity index (χ4n) is 3.00. The lowest BCUT2D eigenvalue weighted by Gasteiger charge is -2.24. The Morgan fingerprint density at radius 2 is 1.96 bits per heavy atom. The predicted octanol–water partition coefficient (Wildman–Crippen LogP) is 5.62. The van der Waals surface area contributed by atoms with Crippen LogP contribution in [0.3, 0.4) is 0 Å². The van der Waals surface area contributed by atoms with E-state index in [9.17, 15) is 13.2 Å². The van der Waals surface area contributed by atoms with Crippen molar-refractivity contribution in [2.45, 2.75) is 44.8 Å². The van der Waals surface area contributed by atoms with E-state index < -0.39 is 23.4 Å². The van der Waals surface area contributed by atoms with Gasteiger partial charge in [-0.3, -0.25) is 0 Å². The third kappa shape index (κ3) is 4.96. The summed E-state index contributed by atoms with van der Waals surface area (Å²) in [4.78, 5) is 0. The Balaban J connectivity index is 1.73. The Hall–Kier alpha value is -2.72. The van der Waals surface area contributed by atoms with Crippen molar-refractivity contribution in [3.63, 3.8) is 0 Å². The molecule has 0 saturated carbocycles. The van der Waals surface area contributed by atoms with Gasteiger partial charge in [-0.15, -0.1) is 0 Å². The van der Waals surface area contributed by atoms with Crippen LogP contribution in [0.4, 0.5) is 13.2 Å². The fraction of sp³-hybridized carbons (Fsp3) is 0.381. The van der Waals surface area contributed by atoms with Gasteiger partial charge in [-0.05, 0) is 55.7 Å². The average molecular weight is 391 g/mol. The monoisotopic (exact) mass is 391 g/mol. The Kier molecular flexibility index (Phi) is 6.10. The van der Waals surface area contributed by atoms with E-state index in [0.717, 1.165) is 37.0 Å². The highest BCUT2D eigenvalue weighted by Gasteiger charge is 2.34. The van der Waals surface area contributed by atoms with Crippen LogP contribution in [-0.4, -0.2) is 12.9 Å². The quantitative estimate of drug-likeness (QED) is 0.664. The largest absolute Gasteiger partial charge is 0.486 e. The number of rotatable bonds is 5. The minimum absolute atomic E-state index is 0.0424. The summed E-state index contributed by atoms with van der Waals surface area (Å²) in [6, 6.07) is 12.1. The van der Waals surface area contributed by atoms with Crippen LogP contribution in [0, 0.1) is 11.3 Å². The molecular formula is C21H20F3NO3. The van der Waals surface area contributed by atoms with Crippen LogP contribution in [0.2, 0.25) is 0 Å². The lowest BCUT2D eigenvalue weighted by Crippen LogP contribution is -2.25. The van der Waals surface area contributed by atoms with Crippen molar-refractivity contribution in [2.24, 2.45) is 0 Å². The Morgan fingerprint density at radius 3 is 2.64 bits per heavy atom. The molecule has 2 atom stereocenters. The van der Waals surface area contributed by atoms with Gasteiger partial charge in [0.15, 0.2) is 6.29 Å². The number of hydrogen-bond acceptors (Lipinski definition) is 4. The van der Waals surface area contributed by atoms with Gasteiger partial charge >= 0.3 is 6.18 Å². The highest BCUT2D eigenvalue weighted by molar-refractivity contribution is 5.44. The molecule has 0 aliphatic carbocycles. The molecule has 1 heterocycles. The van der Waals surface area contributed by atoms with E-state index in [1.165, 1.54) is 6.07 Å². The van der Waals surface area contributed by atoms with Gasteiger partial charge in [0.2, 0.25) is 0 Å². The van der Waals surface area contributed by atoms with E-state index in [-0.39, 0.29) is 12.0 Å². The highest BCUT2D eigenvalue weighted by atomic mass is 19.4. The number of hydrogen-bond donors (Lipinski definition) is 0. The van der Waals surface area contributed by atoms with Crippen molar-refractivity contribution < 1.29 is 27.4 Å². The summed E-state index contributed by atoms with van der Waals surface area (Å²) in [5, 5.41) is 8.88. The normalized spacial score (nSPS) is 18.2. The van der Waals surface area contributed by atoms with Crippen LogP contribution in [0.25, 0.3) is 0 Å². The van der Waals surface area contributed by atoms with Crippen LogP contribution in [0.15, 0.2) is 42.5 Å². The maximum Gasteiger partial charge on any atom is 0.417 e. The van der Waals surface area contributed by atoms with Crippen LogP contribution in [0.5, 0.6) is 11.5 Å². The number of alkyl halides is 3. The second-order valence-corrected chi connectivity index (χ2v) is 6.56. The van der Waals surface area contributed by atoms with Gasteiger partial charge in [-0.1, -0.05) is 12.1 Å². The number of nitriles is 1. The molecule has 148 valence electrons. The van der Waals surface area contributed by atoms with Crippen LogP contribution < -0.4 is 9.47 Å². The summed E-state index contributed by atoms with van der Waals surface area (Å²) in [5.74, 6) is 0.663. The van der Waals surface area contributed by atoms with E-state index in [1.807, 2.05) is 6.07 Å². The molecule has 1 saturated heterocycles. The van der Waals surface area contributed by atoms with E-state index in [0.29, 0.717) is 12.4 Å². The van der Waals surface area contributed by atoms with Crippen molar-refractivity contribution >= 4 is 0 Å². The molecule has 0 spiro atoms. The number of nitrogens with zero attached hydrogens (tertiary/aromatic N) is 1. The smallest absolute Gasteiger partial charge is 0.417 e. The van der Waals surface area contributed by atoms with Gasteiger partial charge in [-0.25, -0.2) is 0 Å². The molecular weight excluding hydrogens is 371 g/mol. The molecule has 7 heteroatoms. The first-order valence-corrected chi connectivity index (χ1v) is 9.03. The number of halogens is 3. The first-order chi connectivity index (χ1) is 13.4. The summed E-state index contributed by atoms with van der Waals surface area (Å²) in [5.41, 5.74) is -0.687. The first-order valence-electron chi connectivity index (χ1n) is 9.03. The summed E-state index contributed by atoms with van der Waals surface area (Å²) >= 11 is 0. The third-order valence-electron chi connectivity index (χ3n) is 4.46. The molecule has 1 aliphatic rings. The fourth-order valence-corrected chi connectivity index (χ4v) is 3.00. The molecule has 0 aromatic heterocycles. The minimum Gasteiger partial charge on any atom is -0.486 e. The summed E-state index contributed by atoms with van der Waals surface area (Å²) < 4.78 is 56.4. The summed E-state index contributed by atoms with van der Waals surface area (Å²) in [6.07, 6.45) is -2.53. The SMILES string of the molecule is CC(Oc1ccc(C#N)c(C(F)(F)F)c1)c1cccc(OC2CCCCO2)c1. The maximum atomic E-state index is 13.1. The van der Waals surface area contributed by atoms with E-state index in [2.05, 4.69) is 0 Å². The van der Waals surface area contributed by atoms with Crippen LogP contribution >= 0.6 is 0 Å². The van der Waals surface area contributed by atoms with Gasteiger partial charge in [-0.2, -0.15) is 18.4 Å². The zero-order valence-corrected chi connectivity index (χ0v) is 15.3. The predicted molar refractivity (Wildman–Crippen MR) is 95.9 cm³/mol. The standard InChI is InChI=1S/C21H20F3NO3/c1-14(27-18-9-8-16(13-25)19(12-18)21(22,23)24)15-5-4-6-17(11-15)28-20-7-2-3-10-26-20/h4-6,8-9,11-12,14,20H,2-3,7,10H2,1H3. The van der Waals surface area contributed by atoms with Gasteiger partial charge in [0.1, 0.15) is 17.6 Å². The number of ether oxygens (including phenoxy) is 3. The Labute approximate surface area is 161 Å². The van der Waals surface area contributed by atoms with E-state index in [1.54, 1.807) is 31.2 Å². The third-order valence-corrected chi connectivity index (χ3v) is 4.46. The molecule has 2 aromatic carbocycles. The second kappa shape index (κ2) is 8.53. The highest BCUT2D eigenvalue weighted by Crippen LogP contribution is 2.35. The average Bonchev–Trinajstić information content (AvgIpc) is 2.68. The van der Waals surface area contributed by atoms with Crippen LogP contribution in [-0.2, 0) is 10.9 Å². The van der Waals surface area contributed by atoms with Gasteiger partial charge in [0, 0.05) is 6.42 Å². The Bertz CT molecular complexity index is 855. The van der Waals surface area contributed by atoms with Crippen molar-refractivity contribution in [3.05, 3.63) is 59.2 Å². The molecule has 1 aliphatic heterocycles. The lowest BCUT2D eigenvalue weighted by atomic mass is 10.1. The van der Waals surface area contributed by atoms with Crippen molar-refractivity contribution in [1.29, 1.82) is 5.26 Å². The maximum absolute atomic E-state index is 13.1. The van der Waals surface area contributed by atoms with Gasteiger partial charge < -0.3 is 14.2 Å². The zero-order chi connectivity index (χ0) is 20.1. The molecule has 0 bridgehead atoms. The van der Waals surface area contributed by atoms with Crippen LogP contribution in [0.1, 0.15) is 49.0 Å². The summed E-state index contributed by atoms with van der Waals surface area (Å²) in [6.45, 7) is 2.41. The van der Waals surface area contributed by atoms with Crippen molar-refractivity contribution in [3.8, 4) is 17.6 Å². The first kappa shape index (κ1) is 20.0. The van der Waals surface area contributed by atoms with Gasteiger partial charge in [0.05, 0.1) is 23.8 Å². The molecule has 0 amide bonds. The van der Waals surface area contributed by atoms with E-state index in [4.69, 9.17) is 19.5 Å². The molecule has 28 heavy (non-hydrogen) atoms. The molecule has 1 fully saturated rings. The van der Waals surface area contributed by atoms with Gasteiger partial charge in [0.25, 0.3) is 0 Å². The molecule has 0 N–H and O–H groups in total. The minimum atomic E-state index is -4.62. The lowest BCUT2D eigenvalue weighted by molar-refractivity contribution is -0.137. The molecule has 2 unspecified atom stereocenters. The second-order valence-electron chi connectivity index (χ2n) is 6.56. The Morgan fingerprint density at radius 1 is 1.14 bits per heavy atom. The molecule has 3 rings (SSSR count). The van der Waals surface area contributed by atoms with E-state index >= 15 is 0 Å². The van der Waals surface area contributed by atoms with Crippen molar-refractivity contribution in [2.75, 3.05) is 6.61 Å². The number of benzene rings is 2. The molecule has 4 nitrogen and oxygen atoms in total. The molecule has 2 aromatic rings. The van der Waals surface area contributed by atoms with Crippen molar-refractivity contribution in [1.82, 2.24) is 0 Å².